The van der Waals surface area contributed by atoms with E-state index in [1.54, 1.807) is 6.07 Å². The smallest absolute Gasteiger partial charge is 0.201 e. The highest BCUT2D eigenvalue weighted by Gasteiger charge is 2.26. The van der Waals surface area contributed by atoms with Crippen molar-refractivity contribution in [3.05, 3.63) is 169 Å². The van der Waals surface area contributed by atoms with E-state index in [1.807, 2.05) is 18.2 Å². The summed E-state index contributed by atoms with van der Waals surface area (Å²) in [6, 6.07) is 51.8. The fraction of sp³-hybridized carbons (Fsp3) is 0.0238. The SMILES string of the molecule is Fc1ccc2c(c1)c1c3ccccc3ccc1n2C1N=C(c2ccc3c(c2)c2ccccc2n3-c2ccccc2)c2ccccc2N1. The number of aromatic nitrogens is 2. The number of benzene rings is 7. The Bertz CT molecular complexity index is 2730. The van der Waals surface area contributed by atoms with Gasteiger partial charge in [-0.15, -0.1) is 0 Å². The van der Waals surface area contributed by atoms with Crippen molar-refractivity contribution in [1.29, 1.82) is 0 Å². The summed E-state index contributed by atoms with van der Waals surface area (Å²) in [7, 11) is 0. The lowest BCUT2D eigenvalue weighted by molar-refractivity contribution is 0.619. The minimum atomic E-state index is -0.451. The molecule has 10 rings (SSSR count). The van der Waals surface area contributed by atoms with E-state index in [-0.39, 0.29) is 5.82 Å². The molecule has 3 heterocycles. The van der Waals surface area contributed by atoms with Crippen LogP contribution in [0.15, 0.2) is 157 Å². The van der Waals surface area contributed by atoms with Crippen molar-refractivity contribution in [2.75, 3.05) is 5.32 Å². The van der Waals surface area contributed by atoms with Gasteiger partial charge in [-0.2, -0.15) is 0 Å². The number of anilines is 1. The molecule has 7 aromatic carbocycles. The van der Waals surface area contributed by atoms with Crippen LogP contribution in [0.25, 0.3) is 60.1 Å². The lowest BCUT2D eigenvalue weighted by atomic mass is 9.97. The third-order valence-corrected chi connectivity index (χ3v) is 9.58. The summed E-state index contributed by atoms with van der Waals surface area (Å²) >= 11 is 0. The zero-order valence-electron chi connectivity index (χ0n) is 25.2. The van der Waals surface area contributed by atoms with Gasteiger partial charge in [0, 0.05) is 44.0 Å². The Labute approximate surface area is 269 Å². The van der Waals surface area contributed by atoms with Crippen LogP contribution >= 0.6 is 0 Å². The van der Waals surface area contributed by atoms with Gasteiger partial charge in [0.05, 0.1) is 27.8 Å². The number of para-hydroxylation sites is 3. The molecular formula is C42H27FN4. The molecule has 0 radical (unpaired) electrons. The lowest BCUT2D eigenvalue weighted by Crippen LogP contribution is -2.24. The molecule has 1 aliphatic rings. The Hall–Kier alpha value is -6.20. The third-order valence-electron chi connectivity index (χ3n) is 9.58. The molecule has 0 fully saturated rings. The minimum Gasteiger partial charge on any atom is -0.346 e. The standard InChI is InChI=1S/C42H27FN4/c43-28-20-23-38-34(25-28)40-30-13-5-4-10-26(30)18-22-39(40)47(38)42-44-35-16-8-6-15-32(35)41(45-42)27-19-21-37-33(24-27)31-14-7-9-17-36(31)46(37)29-11-2-1-3-12-29/h1-25,42,44H. The highest BCUT2D eigenvalue weighted by Crippen LogP contribution is 2.40. The summed E-state index contributed by atoms with van der Waals surface area (Å²) < 4.78 is 19.3. The molecule has 0 amide bonds. The van der Waals surface area contributed by atoms with Crippen molar-refractivity contribution >= 4 is 65.8 Å². The summed E-state index contributed by atoms with van der Waals surface area (Å²) in [5, 5.41) is 10.2. The average molecular weight is 607 g/mol. The number of rotatable bonds is 3. The summed E-state index contributed by atoms with van der Waals surface area (Å²) in [6.07, 6.45) is -0.451. The molecule has 1 N–H and O–H groups in total. The van der Waals surface area contributed by atoms with E-state index < -0.39 is 6.29 Å². The Morgan fingerprint density at radius 2 is 1.28 bits per heavy atom. The second-order valence-corrected chi connectivity index (χ2v) is 12.2. The van der Waals surface area contributed by atoms with Crippen molar-refractivity contribution < 1.29 is 4.39 Å². The number of hydrogen-bond donors (Lipinski definition) is 1. The molecule has 0 saturated carbocycles. The van der Waals surface area contributed by atoms with Crippen LogP contribution in [0.5, 0.6) is 0 Å². The molecule has 1 unspecified atom stereocenters. The van der Waals surface area contributed by atoms with Crippen molar-refractivity contribution in [3.63, 3.8) is 0 Å². The monoisotopic (exact) mass is 606 g/mol. The van der Waals surface area contributed by atoms with Crippen molar-refractivity contribution in [2.45, 2.75) is 6.29 Å². The minimum absolute atomic E-state index is 0.251. The van der Waals surface area contributed by atoms with Gasteiger partial charge in [-0.1, -0.05) is 91.0 Å². The van der Waals surface area contributed by atoms with E-state index in [2.05, 4.69) is 136 Å². The Balaban J connectivity index is 1.23. The number of nitrogens with zero attached hydrogens (tertiary/aromatic N) is 3. The van der Waals surface area contributed by atoms with Crippen LogP contribution in [0.1, 0.15) is 17.4 Å². The lowest BCUT2D eigenvalue weighted by Gasteiger charge is -2.28. The van der Waals surface area contributed by atoms with Gasteiger partial charge >= 0.3 is 0 Å². The number of aliphatic imine (C=N–C) groups is 1. The van der Waals surface area contributed by atoms with Gasteiger partial charge in [-0.3, -0.25) is 0 Å². The molecule has 47 heavy (non-hydrogen) atoms. The number of nitrogens with one attached hydrogen (secondary N) is 1. The van der Waals surface area contributed by atoms with Crippen LogP contribution in [0.4, 0.5) is 10.1 Å². The molecule has 0 saturated heterocycles. The number of hydrogen-bond acceptors (Lipinski definition) is 2. The summed E-state index contributed by atoms with van der Waals surface area (Å²) in [4.78, 5) is 5.46. The third kappa shape index (κ3) is 3.83. The molecule has 5 heteroatoms. The van der Waals surface area contributed by atoms with E-state index in [9.17, 15) is 4.39 Å². The van der Waals surface area contributed by atoms with Crippen molar-refractivity contribution in [3.8, 4) is 5.69 Å². The first kappa shape index (κ1) is 26.1. The predicted molar refractivity (Wildman–Crippen MR) is 192 cm³/mol. The van der Waals surface area contributed by atoms with Gasteiger partial charge in [0.1, 0.15) is 5.82 Å². The van der Waals surface area contributed by atoms with E-state index >= 15 is 0 Å². The van der Waals surface area contributed by atoms with Gasteiger partial charge in [-0.05, 0) is 71.4 Å². The van der Waals surface area contributed by atoms with Crippen LogP contribution in [0, 0.1) is 5.82 Å². The quantitative estimate of drug-likeness (QED) is 0.213. The van der Waals surface area contributed by atoms with Crippen molar-refractivity contribution in [2.24, 2.45) is 4.99 Å². The van der Waals surface area contributed by atoms with E-state index in [4.69, 9.17) is 4.99 Å². The molecule has 222 valence electrons. The van der Waals surface area contributed by atoms with E-state index in [1.165, 1.54) is 22.4 Å². The van der Waals surface area contributed by atoms with E-state index in [0.717, 1.165) is 66.3 Å². The molecule has 0 aliphatic carbocycles. The average Bonchev–Trinajstić information content (AvgIpc) is 3.64. The van der Waals surface area contributed by atoms with Crippen molar-refractivity contribution in [1.82, 2.24) is 9.13 Å². The fourth-order valence-corrected chi connectivity index (χ4v) is 7.56. The number of fused-ring (bicyclic) bond motifs is 9. The van der Waals surface area contributed by atoms with Gasteiger partial charge in [-0.25, -0.2) is 9.38 Å². The van der Waals surface area contributed by atoms with Gasteiger partial charge in [0.15, 0.2) is 0 Å². The molecule has 1 aliphatic heterocycles. The topological polar surface area (TPSA) is 34.2 Å². The maximum absolute atomic E-state index is 14.8. The Morgan fingerprint density at radius 1 is 0.553 bits per heavy atom. The molecule has 9 aromatic rings. The fourth-order valence-electron chi connectivity index (χ4n) is 7.56. The van der Waals surface area contributed by atoms with Crippen LogP contribution in [-0.4, -0.2) is 14.8 Å². The van der Waals surface area contributed by atoms with Gasteiger partial charge in [0.25, 0.3) is 0 Å². The Morgan fingerprint density at radius 3 is 2.19 bits per heavy atom. The Kier molecular flexibility index (Phi) is 5.49. The maximum atomic E-state index is 14.8. The van der Waals surface area contributed by atoms with Gasteiger partial charge in [0.2, 0.25) is 6.29 Å². The summed E-state index contributed by atoms with van der Waals surface area (Å²) in [6.45, 7) is 0. The molecule has 4 nitrogen and oxygen atoms in total. The van der Waals surface area contributed by atoms with Crippen LogP contribution < -0.4 is 5.32 Å². The second-order valence-electron chi connectivity index (χ2n) is 12.2. The molecule has 0 spiro atoms. The van der Waals surface area contributed by atoms with Crippen LogP contribution in [0.3, 0.4) is 0 Å². The number of halogens is 1. The highest BCUT2D eigenvalue weighted by atomic mass is 19.1. The molecule has 0 bridgehead atoms. The first-order valence-corrected chi connectivity index (χ1v) is 15.9. The maximum Gasteiger partial charge on any atom is 0.201 e. The summed E-state index contributed by atoms with van der Waals surface area (Å²) in [5.74, 6) is -0.251. The van der Waals surface area contributed by atoms with Crippen LogP contribution in [0.2, 0.25) is 0 Å². The summed E-state index contributed by atoms with van der Waals surface area (Å²) in [5.41, 5.74) is 9.40. The second kappa shape index (κ2) is 9.90. The normalized spacial score (nSPS) is 14.6. The molecule has 1 atom stereocenters. The van der Waals surface area contributed by atoms with E-state index in [0.29, 0.717) is 0 Å². The first-order valence-electron chi connectivity index (χ1n) is 15.9. The highest BCUT2D eigenvalue weighted by molar-refractivity contribution is 6.22. The largest absolute Gasteiger partial charge is 0.346 e. The molecule has 2 aromatic heterocycles. The zero-order chi connectivity index (χ0) is 31.1. The first-order chi connectivity index (χ1) is 23.2. The van der Waals surface area contributed by atoms with Crippen LogP contribution in [-0.2, 0) is 0 Å². The zero-order valence-corrected chi connectivity index (χ0v) is 25.2. The van der Waals surface area contributed by atoms with Gasteiger partial charge < -0.3 is 14.5 Å². The molecular weight excluding hydrogens is 579 g/mol. The predicted octanol–water partition coefficient (Wildman–Crippen LogP) is 10.6.